The quantitative estimate of drug-likeness (QED) is 0.0716. The monoisotopic (exact) mass is 850 g/mol. The van der Waals surface area contributed by atoms with Crippen LogP contribution in [-0.4, -0.2) is 8.86 Å². The summed E-state index contributed by atoms with van der Waals surface area (Å²) in [5, 5.41) is 15.9. The van der Waals surface area contributed by atoms with Crippen LogP contribution in [0, 0.1) is 0 Å². The lowest BCUT2D eigenvalue weighted by Gasteiger charge is -2.20. The number of rotatable bonds is 4. The zero-order chi connectivity index (χ0) is 44.3. The Morgan fingerprint density at radius 3 is 0.667 bits per heavy atom. The minimum atomic E-state index is 1.17. The van der Waals surface area contributed by atoms with Crippen LogP contribution in [0.2, 0.25) is 0 Å². The van der Waals surface area contributed by atoms with Gasteiger partial charge in [-0.1, -0.05) is 218 Å². The van der Waals surface area contributed by atoms with Crippen molar-refractivity contribution >= 4 is 81.3 Å². The van der Waals surface area contributed by atoms with Crippen LogP contribution in [0.15, 0.2) is 218 Å². The van der Waals surface area contributed by atoms with E-state index in [1.807, 2.05) is 0 Å². The van der Waals surface area contributed by atoms with Crippen LogP contribution in [0.3, 0.4) is 0 Å². The van der Waals surface area contributed by atoms with E-state index in [1.54, 1.807) is 0 Å². The van der Waals surface area contributed by atoms with Crippen molar-refractivity contribution in [3.8, 4) is 89.0 Å². The molecule has 13 aromatic carbocycles. The van der Waals surface area contributed by atoms with E-state index in [-0.39, 0.29) is 0 Å². The largest absolute Gasteiger partial charge is 0.183 e. The van der Waals surface area contributed by atoms with E-state index in [4.69, 9.17) is 1.34 Å². The van der Waals surface area contributed by atoms with Crippen molar-refractivity contribution in [2.45, 2.75) is 0 Å². The van der Waals surface area contributed by atoms with Crippen molar-refractivity contribution in [3.05, 3.63) is 218 Å². The molecule has 66 heavy (non-hydrogen) atoms. The van der Waals surface area contributed by atoms with Gasteiger partial charge in [-0.15, -0.1) is 0 Å². The first-order valence-electron chi connectivity index (χ1n) is 23.4. The molecule has 0 aliphatic heterocycles. The van der Waals surface area contributed by atoms with E-state index in [9.17, 15) is 0 Å². The van der Waals surface area contributed by atoms with Gasteiger partial charge in [-0.25, -0.2) is 0 Å². The minimum Gasteiger partial charge on any atom is -0.183 e. The molecule has 0 aromatic heterocycles. The Morgan fingerprint density at radius 2 is 0.439 bits per heavy atom. The molecule has 0 bridgehead atoms. The molecule has 303 valence electrons. The first kappa shape index (κ1) is 36.5. The normalized spacial score (nSPS) is 12.2. The van der Waals surface area contributed by atoms with E-state index < -0.39 is 0 Å². The molecule has 0 saturated heterocycles. The molecular weight excluding hydrogens is 810 g/mol. The summed E-state index contributed by atoms with van der Waals surface area (Å²) < 4.78 is 6.05. The van der Waals surface area contributed by atoms with Gasteiger partial charge in [0.15, 0.2) is 0 Å². The van der Waals surface area contributed by atoms with Gasteiger partial charge in [0, 0.05) is 0 Å². The number of hydrogen-bond acceptors (Lipinski definition) is 0. The summed E-state index contributed by atoms with van der Waals surface area (Å²) in [6.07, 6.45) is 0. The Kier molecular flexibility index (Phi) is 7.93. The van der Waals surface area contributed by atoms with Crippen molar-refractivity contribution in [2.75, 3.05) is 0 Å². The fourth-order valence-electron chi connectivity index (χ4n) is 12.3. The highest BCUT2D eigenvalue weighted by Gasteiger charge is 2.35. The van der Waals surface area contributed by atoms with E-state index in [2.05, 4.69) is 228 Å². The zero-order valence-corrected chi connectivity index (χ0v) is 37.1. The van der Waals surface area contributed by atoms with Crippen LogP contribution in [0.4, 0.5) is 0 Å². The first-order valence-corrected chi connectivity index (χ1v) is 23.4. The molecule has 0 heterocycles. The highest BCUT2D eigenvalue weighted by molar-refractivity contribution is 7.49. The Labute approximate surface area is 388 Å². The summed E-state index contributed by atoms with van der Waals surface area (Å²) in [6.45, 7) is 0. The van der Waals surface area contributed by atoms with Gasteiger partial charge < -0.3 is 0 Å². The molecule has 2 aliphatic rings. The maximum absolute atomic E-state index is 6.05. The number of benzene rings is 13. The molecular formula is C64H39BP. The standard InChI is InChI=1S/C64H36.BH3P/c1-5-17-37(18-6-1)53-41-25-13-14-26-42(41)54(38-19-7-2-8-20-38)62-50-34-30-46-48-32-36-52-60-51(35-31-47(58(48)60)45-29-33-49(61(53)62)59(50)57(45)46)63-55(39-21-9-3-10-22-39)43-27-15-16-28-44(43)56(64(52)63)40-23-11-4-12-24-40;1-2/h1-36H;1H,2H2/i;1D. The lowest BCUT2D eigenvalue weighted by Crippen LogP contribution is -1.93. The summed E-state index contributed by atoms with van der Waals surface area (Å²) in [6, 6.07) is 81.9. The third-order valence-corrected chi connectivity index (χ3v) is 14.7. The Morgan fingerprint density at radius 1 is 0.227 bits per heavy atom. The summed E-state index contributed by atoms with van der Waals surface area (Å²) in [7, 11) is 3.29. The van der Waals surface area contributed by atoms with Gasteiger partial charge in [-0.3, -0.25) is 0 Å². The smallest absolute Gasteiger partial charge is 0.116 e. The van der Waals surface area contributed by atoms with E-state index in [0.29, 0.717) is 0 Å². The minimum absolute atomic E-state index is 1.17. The van der Waals surface area contributed by atoms with Crippen molar-refractivity contribution in [2.24, 2.45) is 0 Å². The lowest BCUT2D eigenvalue weighted by molar-refractivity contribution is 1.62. The Bertz CT molecular complexity index is 3630. The van der Waals surface area contributed by atoms with Gasteiger partial charge in [-0.05, 0) is 155 Å². The molecule has 2 heteroatoms. The third kappa shape index (κ3) is 4.93. The summed E-state index contributed by atoms with van der Waals surface area (Å²) in [5.41, 5.74) is 20.9. The average molecular weight is 851 g/mol. The van der Waals surface area contributed by atoms with Gasteiger partial charge in [-0.2, -0.15) is 9.12 Å². The van der Waals surface area contributed by atoms with Crippen LogP contribution in [0.5, 0.6) is 0 Å². The second-order valence-electron chi connectivity index (χ2n) is 17.7. The SMILES string of the molecule is [2H][B]P.c1ccc(-c2c3c(c(-c4ccccc4)c4ccccc24)-c2ccc4c5ccc6c7c(ccc(c8ccc-3c2c84)c75)-c2c-6c(-c3ccccc3)c3ccccc3c2-c2ccccc2)cc1. The van der Waals surface area contributed by atoms with Gasteiger partial charge >= 0.3 is 0 Å². The molecule has 0 spiro atoms. The first-order chi connectivity index (χ1) is 33.2. The highest BCUT2D eigenvalue weighted by Crippen LogP contribution is 2.62. The van der Waals surface area contributed by atoms with Gasteiger partial charge in [0.25, 0.3) is 0 Å². The third-order valence-electron chi connectivity index (χ3n) is 14.7. The van der Waals surface area contributed by atoms with E-state index >= 15 is 0 Å². The van der Waals surface area contributed by atoms with Crippen molar-refractivity contribution in [3.63, 3.8) is 0 Å². The molecule has 1 atom stereocenters. The van der Waals surface area contributed by atoms with Crippen molar-refractivity contribution in [1.82, 2.24) is 0 Å². The molecule has 15 rings (SSSR count). The van der Waals surface area contributed by atoms with Crippen LogP contribution < -0.4 is 0 Å². The Hall–Kier alpha value is -7.83. The van der Waals surface area contributed by atoms with Crippen LogP contribution >= 0.6 is 9.12 Å². The number of fused-ring (bicyclic) bond motifs is 10. The molecule has 2 aliphatic carbocycles. The topological polar surface area (TPSA) is 0 Å². The fraction of sp³-hybridized carbons (Fsp3) is 0. The van der Waals surface area contributed by atoms with Crippen molar-refractivity contribution < 1.29 is 0 Å². The van der Waals surface area contributed by atoms with E-state index in [1.165, 1.54) is 161 Å². The molecule has 1 radical (unpaired) electrons. The zero-order valence-electron chi connectivity index (χ0n) is 36.9. The second kappa shape index (κ2) is 14.3. The number of hydrogen-bond donors (Lipinski definition) is 0. The molecule has 0 nitrogen and oxygen atoms in total. The maximum atomic E-state index is 6.05. The van der Waals surface area contributed by atoms with Crippen molar-refractivity contribution in [1.29, 1.82) is 1.34 Å². The predicted molar refractivity (Wildman–Crippen MR) is 290 cm³/mol. The van der Waals surface area contributed by atoms with Crippen LogP contribution in [0.25, 0.3) is 154 Å². The molecule has 13 aromatic rings. The van der Waals surface area contributed by atoms with E-state index in [0.717, 1.165) is 0 Å². The molecule has 0 N–H and O–H groups in total. The van der Waals surface area contributed by atoms with Gasteiger partial charge in [0.1, 0.15) is 7.53 Å². The highest BCUT2D eigenvalue weighted by atomic mass is 31.0. The molecule has 0 fully saturated rings. The summed E-state index contributed by atoms with van der Waals surface area (Å²) >= 11 is 0. The average Bonchev–Trinajstić information content (AvgIpc) is 3.91. The van der Waals surface area contributed by atoms with Gasteiger partial charge in [0.2, 0.25) is 0 Å². The lowest BCUT2D eigenvalue weighted by atomic mass is 9.82. The fourth-order valence-corrected chi connectivity index (χ4v) is 12.3. The molecule has 0 amide bonds. The molecule has 1 unspecified atom stereocenters. The Balaban J connectivity index is 0.00000139. The maximum Gasteiger partial charge on any atom is 0.116 e. The summed E-state index contributed by atoms with van der Waals surface area (Å²) in [4.78, 5) is 0. The molecule has 0 saturated carbocycles. The van der Waals surface area contributed by atoms with Crippen LogP contribution in [-0.2, 0) is 0 Å². The summed E-state index contributed by atoms with van der Waals surface area (Å²) in [5.74, 6) is 0. The predicted octanol–water partition coefficient (Wildman–Crippen LogP) is 17.7. The van der Waals surface area contributed by atoms with Crippen LogP contribution in [0.1, 0.15) is 0 Å². The van der Waals surface area contributed by atoms with Gasteiger partial charge in [0.05, 0.1) is 0 Å². The second-order valence-corrected chi connectivity index (χ2v) is 17.7.